The van der Waals surface area contributed by atoms with Gasteiger partial charge < -0.3 is 19.4 Å². The van der Waals surface area contributed by atoms with Crippen LogP contribution >= 0.6 is 0 Å². The molecule has 198 valence electrons. The van der Waals surface area contributed by atoms with E-state index in [1.807, 2.05) is 30.3 Å². The van der Waals surface area contributed by atoms with Gasteiger partial charge in [-0.15, -0.1) is 0 Å². The highest BCUT2D eigenvalue weighted by atomic mass is 16.5. The molecule has 1 atom stereocenters. The van der Waals surface area contributed by atoms with Gasteiger partial charge in [-0.25, -0.2) is 9.97 Å². The Bertz CT molecular complexity index is 1270. The number of ether oxygens (including phenoxy) is 1. The van der Waals surface area contributed by atoms with E-state index in [0.29, 0.717) is 36.9 Å². The number of nitrogens with zero attached hydrogens (tertiary/aromatic N) is 5. The number of benzene rings is 2. The molecule has 3 heterocycles. The molecule has 0 spiro atoms. The summed E-state index contributed by atoms with van der Waals surface area (Å²) in [6.07, 6.45) is 3.16. The second-order valence-electron chi connectivity index (χ2n) is 9.90. The molecule has 0 aliphatic carbocycles. The minimum atomic E-state index is -0.293. The van der Waals surface area contributed by atoms with Crippen molar-refractivity contribution in [2.45, 2.75) is 26.7 Å². The van der Waals surface area contributed by atoms with Gasteiger partial charge in [0.05, 0.1) is 12.5 Å². The Morgan fingerprint density at radius 1 is 0.947 bits per heavy atom. The Morgan fingerprint density at radius 3 is 2.39 bits per heavy atom. The molecule has 2 fully saturated rings. The number of carbonyl (C=O) groups excluding carboxylic acids is 2. The van der Waals surface area contributed by atoms with Crippen LogP contribution in [0.2, 0.25) is 0 Å². The number of rotatable bonds is 6. The minimum absolute atomic E-state index is 0.130. The van der Waals surface area contributed by atoms with Crippen molar-refractivity contribution < 1.29 is 14.3 Å². The van der Waals surface area contributed by atoms with E-state index in [2.05, 4.69) is 46.0 Å². The Hall–Kier alpha value is -3.94. The van der Waals surface area contributed by atoms with Crippen molar-refractivity contribution in [2.75, 3.05) is 55.7 Å². The third-order valence-electron chi connectivity index (χ3n) is 7.39. The molecule has 0 N–H and O–H groups in total. The number of amides is 1. The van der Waals surface area contributed by atoms with Gasteiger partial charge >= 0.3 is 5.97 Å². The van der Waals surface area contributed by atoms with E-state index >= 15 is 0 Å². The van der Waals surface area contributed by atoms with E-state index in [-0.39, 0.29) is 17.8 Å². The summed E-state index contributed by atoms with van der Waals surface area (Å²) in [6.45, 7) is 8.40. The first-order chi connectivity index (χ1) is 18.5. The Balaban J connectivity index is 1.41. The molecule has 3 aromatic rings. The fourth-order valence-electron chi connectivity index (χ4n) is 5.35. The van der Waals surface area contributed by atoms with Crippen molar-refractivity contribution in [3.63, 3.8) is 0 Å². The molecule has 1 amide bonds. The maximum Gasteiger partial charge on any atom is 0.310 e. The van der Waals surface area contributed by atoms with Crippen LogP contribution in [0, 0.1) is 12.8 Å². The number of aromatic nitrogens is 2. The molecular weight excluding hydrogens is 478 g/mol. The number of hydrogen-bond acceptors (Lipinski definition) is 7. The van der Waals surface area contributed by atoms with E-state index in [1.165, 1.54) is 11.3 Å². The lowest BCUT2D eigenvalue weighted by Crippen LogP contribution is -2.48. The van der Waals surface area contributed by atoms with Crippen molar-refractivity contribution in [3.8, 4) is 11.4 Å². The van der Waals surface area contributed by atoms with Gasteiger partial charge in [0, 0.05) is 56.7 Å². The quantitative estimate of drug-likeness (QED) is 0.457. The van der Waals surface area contributed by atoms with Crippen LogP contribution in [-0.4, -0.2) is 72.6 Å². The van der Waals surface area contributed by atoms with Crippen molar-refractivity contribution in [1.29, 1.82) is 0 Å². The highest BCUT2D eigenvalue weighted by Crippen LogP contribution is 2.28. The van der Waals surface area contributed by atoms with Gasteiger partial charge in [-0.05, 0) is 38.3 Å². The molecular formula is C30H35N5O3. The van der Waals surface area contributed by atoms with Gasteiger partial charge in [-0.2, -0.15) is 0 Å². The molecule has 1 unspecified atom stereocenters. The Morgan fingerprint density at radius 2 is 1.66 bits per heavy atom. The van der Waals surface area contributed by atoms with Gasteiger partial charge in [0.15, 0.2) is 5.82 Å². The maximum absolute atomic E-state index is 13.8. The number of piperidine rings is 1. The summed E-state index contributed by atoms with van der Waals surface area (Å²) in [5, 5.41) is 0. The van der Waals surface area contributed by atoms with E-state index in [0.717, 1.165) is 44.6 Å². The van der Waals surface area contributed by atoms with Crippen LogP contribution in [0.15, 0.2) is 60.8 Å². The monoisotopic (exact) mass is 513 g/mol. The minimum Gasteiger partial charge on any atom is -0.466 e. The van der Waals surface area contributed by atoms with Crippen LogP contribution in [0.25, 0.3) is 11.4 Å². The summed E-state index contributed by atoms with van der Waals surface area (Å²) < 4.78 is 5.24. The zero-order chi connectivity index (χ0) is 26.5. The molecule has 8 nitrogen and oxygen atoms in total. The number of aryl methyl sites for hydroxylation is 1. The largest absolute Gasteiger partial charge is 0.466 e. The molecule has 2 aliphatic heterocycles. The van der Waals surface area contributed by atoms with Crippen LogP contribution in [0.4, 0.5) is 11.5 Å². The zero-order valence-corrected chi connectivity index (χ0v) is 22.2. The first kappa shape index (κ1) is 25.7. The maximum atomic E-state index is 13.8. The van der Waals surface area contributed by atoms with Crippen molar-refractivity contribution in [1.82, 2.24) is 14.9 Å². The smallest absolute Gasteiger partial charge is 0.310 e. The van der Waals surface area contributed by atoms with E-state index in [4.69, 9.17) is 9.72 Å². The molecule has 2 aliphatic rings. The fraction of sp³-hybridized carbons (Fsp3) is 0.400. The fourth-order valence-corrected chi connectivity index (χ4v) is 5.35. The van der Waals surface area contributed by atoms with Crippen molar-refractivity contribution >= 4 is 23.4 Å². The van der Waals surface area contributed by atoms with Gasteiger partial charge in [0.2, 0.25) is 0 Å². The lowest BCUT2D eigenvalue weighted by Gasteiger charge is -2.38. The van der Waals surface area contributed by atoms with Crippen LogP contribution in [-0.2, 0) is 9.53 Å². The zero-order valence-electron chi connectivity index (χ0n) is 22.2. The van der Waals surface area contributed by atoms with Gasteiger partial charge in [-0.1, -0.05) is 48.5 Å². The molecule has 0 saturated carbocycles. The first-order valence-corrected chi connectivity index (χ1v) is 13.5. The number of para-hydroxylation sites is 1. The average Bonchev–Trinajstić information content (AvgIpc) is 2.97. The Kier molecular flexibility index (Phi) is 7.86. The molecule has 38 heavy (non-hydrogen) atoms. The molecule has 8 heteroatoms. The highest BCUT2D eigenvalue weighted by Gasteiger charge is 2.32. The molecule has 5 rings (SSSR count). The Labute approximate surface area is 224 Å². The van der Waals surface area contributed by atoms with Crippen LogP contribution in [0.3, 0.4) is 0 Å². The second-order valence-corrected chi connectivity index (χ2v) is 9.90. The molecule has 0 radical (unpaired) electrons. The first-order valence-electron chi connectivity index (χ1n) is 13.5. The third-order valence-corrected chi connectivity index (χ3v) is 7.39. The van der Waals surface area contributed by atoms with Crippen molar-refractivity contribution in [2.24, 2.45) is 5.92 Å². The van der Waals surface area contributed by atoms with Crippen LogP contribution < -0.4 is 9.80 Å². The van der Waals surface area contributed by atoms with Gasteiger partial charge in [-0.3, -0.25) is 9.59 Å². The van der Waals surface area contributed by atoms with Gasteiger partial charge in [0.1, 0.15) is 11.4 Å². The summed E-state index contributed by atoms with van der Waals surface area (Å²) in [4.78, 5) is 42.1. The van der Waals surface area contributed by atoms with E-state index in [1.54, 1.807) is 18.0 Å². The summed E-state index contributed by atoms with van der Waals surface area (Å²) in [6, 6.07) is 18.3. The van der Waals surface area contributed by atoms with Crippen LogP contribution in [0.5, 0.6) is 0 Å². The normalized spacial score (nSPS) is 17.8. The van der Waals surface area contributed by atoms with E-state index < -0.39 is 0 Å². The van der Waals surface area contributed by atoms with Crippen LogP contribution in [0.1, 0.15) is 35.7 Å². The number of hydrogen-bond donors (Lipinski definition) is 0. The average molecular weight is 514 g/mol. The molecule has 0 bridgehead atoms. The molecule has 2 saturated heterocycles. The molecule has 2 aromatic carbocycles. The van der Waals surface area contributed by atoms with Gasteiger partial charge in [0.25, 0.3) is 5.91 Å². The summed E-state index contributed by atoms with van der Waals surface area (Å²) >= 11 is 0. The standard InChI is InChI=1S/C30H35N5O3/c1-3-38-30(37)24-13-9-15-35(21-24)29(36)25-20-31-27(23-11-5-4-6-12-23)32-28(25)34-18-16-33(17-19-34)26-14-8-7-10-22(26)2/h4-8,10-12,14,20,24H,3,9,13,15-19,21H2,1-2H3. The summed E-state index contributed by atoms with van der Waals surface area (Å²) in [5.41, 5.74) is 3.89. The summed E-state index contributed by atoms with van der Waals surface area (Å²) in [7, 11) is 0. The number of likely N-dealkylation sites (tertiary alicyclic amines) is 1. The second kappa shape index (κ2) is 11.6. The predicted molar refractivity (Wildman–Crippen MR) is 148 cm³/mol. The highest BCUT2D eigenvalue weighted by molar-refractivity contribution is 5.99. The number of piperazine rings is 1. The van der Waals surface area contributed by atoms with E-state index in [9.17, 15) is 9.59 Å². The number of carbonyl (C=O) groups is 2. The lowest BCUT2D eigenvalue weighted by molar-refractivity contribution is -0.149. The molecule has 1 aromatic heterocycles. The number of esters is 1. The topological polar surface area (TPSA) is 78.9 Å². The number of anilines is 2. The summed E-state index contributed by atoms with van der Waals surface area (Å²) in [5.74, 6) is 0.606. The third kappa shape index (κ3) is 5.49. The SMILES string of the molecule is CCOC(=O)C1CCCN(C(=O)c2cnc(-c3ccccc3)nc2N2CCN(c3ccccc3C)CC2)C1. The lowest BCUT2D eigenvalue weighted by atomic mass is 9.97. The van der Waals surface area contributed by atoms with Crippen molar-refractivity contribution in [3.05, 3.63) is 71.9 Å². The predicted octanol–water partition coefficient (Wildman–Crippen LogP) is 4.19.